The van der Waals surface area contributed by atoms with Crippen LogP contribution in [0.25, 0.3) is 11.3 Å². The minimum absolute atomic E-state index is 0.0417. The molecule has 4 aromatic carbocycles. The first-order valence-corrected chi connectivity index (χ1v) is 18.4. The van der Waals surface area contributed by atoms with E-state index in [-0.39, 0.29) is 5.60 Å². The van der Waals surface area contributed by atoms with Crippen LogP contribution in [-0.4, -0.2) is 50.0 Å². The van der Waals surface area contributed by atoms with Gasteiger partial charge in [-0.3, -0.25) is 9.36 Å². The number of hydrogen-bond donors (Lipinski definition) is 0. The van der Waals surface area contributed by atoms with E-state index in [1.54, 1.807) is 36.1 Å². The number of ether oxygens (including phenoxy) is 6. The Balaban J connectivity index is 0.000001000. The Morgan fingerprint density at radius 3 is 2.07 bits per heavy atom. The van der Waals surface area contributed by atoms with Gasteiger partial charge in [-0.2, -0.15) is 0 Å². The highest BCUT2D eigenvalue weighted by atomic mass is 16.5. The maximum atomic E-state index is 12.3. The van der Waals surface area contributed by atoms with Crippen molar-refractivity contribution in [3.8, 4) is 40.0 Å². The molecule has 1 heterocycles. The minimum atomic E-state index is -0.457. The zero-order chi connectivity index (χ0) is 38.9. The summed E-state index contributed by atoms with van der Waals surface area (Å²) in [6.07, 6.45) is 5.54. The summed E-state index contributed by atoms with van der Waals surface area (Å²) in [6, 6.07) is 30.4. The Bertz CT molecular complexity index is 1930. The van der Waals surface area contributed by atoms with Crippen LogP contribution in [-0.2, 0) is 33.7 Å². The second-order valence-electron chi connectivity index (χ2n) is 13.4. The lowest BCUT2D eigenvalue weighted by Crippen LogP contribution is -2.15. The molecule has 0 bridgehead atoms. The zero-order valence-corrected chi connectivity index (χ0v) is 32.6. The highest BCUT2D eigenvalue weighted by molar-refractivity contribution is 5.92. The molecule has 0 N–H and O–H groups in total. The van der Waals surface area contributed by atoms with E-state index >= 15 is 0 Å². The Kier molecular flexibility index (Phi) is 15.8. The van der Waals surface area contributed by atoms with Crippen molar-refractivity contribution >= 4 is 12.4 Å². The van der Waals surface area contributed by atoms with Crippen molar-refractivity contribution in [2.24, 2.45) is 0 Å². The molecule has 5 rings (SSSR count). The molecular formula is C45H53NO8. The van der Waals surface area contributed by atoms with E-state index in [1.165, 1.54) is 7.11 Å². The van der Waals surface area contributed by atoms with Gasteiger partial charge in [0.25, 0.3) is 0 Å². The number of methoxy groups -OCH3 is 2. The number of aryl methyl sites for hydroxylation is 1. The Labute approximate surface area is 319 Å². The Morgan fingerprint density at radius 1 is 0.741 bits per heavy atom. The van der Waals surface area contributed by atoms with Gasteiger partial charge in [-0.1, -0.05) is 68.8 Å². The number of carbonyl (C=O) groups excluding carboxylic acids is 2. The smallest absolute Gasteiger partial charge is 0.341 e. The Morgan fingerprint density at radius 2 is 1.41 bits per heavy atom. The van der Waals surface area contributed by atoms with Crippen molar-refractivity contribution in [3.05, 3.63) is 126 Å². The summed E-state index contributed by atoms with van der Waals surface area (Å²) >= 11 is 0. The lowest BCUT2D eigenvalue weighted by Gasteiger charge is -2.18. The van der Waals surface area contributed by atoms with E-state index < -0.39 is 5.97 Å². The van der Waals surface area contributed by atoms with Gasteiger partial charge in [0.1, 0.15) is 40.9 Å². The second kappa shape index (κ2) is 20.6. The molecule has 1 aromatic heterocycles. The molecule has 0 saturated carbocycles. The number of carbonyl (C=O) groups is 2. The van der Waals surface area contributed by atoms with Gasteiger partial charge in [-0.15, -0.1) is 0 Å². The molecule has 0 spiro atoms. The summed E-state index contributed by atoms with van der Waals surface area (Å²) in [5, 5.41) is 0. The molecule has 0 aliphatic rings. The van der Waals surface area contributed by atoms with Gasteiger partial charge in [0.05, 0.1) is 31.6 Å². The van der Waals surface area contributed by atoms with E-state index in [2.05, 4.69) is 13.8 Å². The Hall–Kier alpha value is -5.54. The first-order chi connectivity index (χ1) is 26.1. The van der Waals surface area contributed by atoms with Crippen molar-refractivity contribution in [2.75, 3.05) is 27.4 Å². The number of para-hydroxylation sites is 1. The monoisotopic (exact) mass is 735 g/mol. The van der Waals surface area contributed by atoms with Gasteiger partial charge in [0.2, 0.25) is 6.41 Å². The third kappa shape index (κ3) is 11.7. The largest absolute Gasteiger partial charge is 0.493 e. The molecule has 0 unspecified atom stereocenters. The summed E-state index contributed by atoms with van der Waals surface area (Å²) < 4.78 is 36.5. The highest BCUT2D eigenvalue weighted by Crippen LogP contribution is 2.38. The molecule has 9 nitrogen and oxygen atoms in total. The molecular weight excluding hydrogens is 682 g/mol. The zero-order valence-electron chi connectivity index (χ0n) is 32.6. The third-order valence-electron chi connectivity index (χ3n) is 8.47. The van der Waals surface area contributed by atoms with E-state index in [0.717, 1.165) is 65.1 Å². The standard InChI is InChI=1S/C40H41NO7.C5H12O/c1-4-14-31-35(20-11-21-36(31)48-37-19-10-9-17-32(37)40(43)44-3)45-23-13-24-46-38-26-39(47-27-29-15-7-6-8-16-29)33(25-30(38)5-2)34-18-12-22-41(34)28-42;1-5(2,3)6-4/h6-12,15-22,25-26,28H,4-5,13-14,23-24,27H2,1-3H3;1-4H3. The van der Waals surface area contributed by atoms with Crippen LogP contribution in [0.1, 0.15) is 74.5 Å². The van der Waals surface area contributed by atoms with Gasteiger partial charge >= 0.3 is 5.97 Å². The number of hydrogen-bond acceptors (Lipinski definition) is 8. The van der Waals surface area contributed by atoms with Gasteiger partial charge in [-0.25, -0.2) is 4.79 Å². The molecule has 0 saturated heterocycles. The molecule has 5 aromatic rings. The van der Waals surface area contributed by atoms with Gasteiger partial charge in [0.15, 0.2) is 0 Å². The number of benzene rings is 4. The lowest BCUT2D eigenvalue weighted by atomic mass is 10.0. The van der Waals surface area contributed by atoms with E-state index in [4.69, 9.17) is 28.4 Å². The molecule has 0 aliphatic heterocycles. The fourth-order valence-corrected chi connectivity index (χ4v) is 5.43. The van der Waals surface area contributed by atoms with Crippen LogP contribution in [0.3, 0.4) is 0 Å². The SMILES string of the molecule is CCCc1c(OCCCOc2cc(OCc3ccccc3)c(-c3cccn3C=O)cc2CC)cccc1Oc1ccccc1C(=O)OC.COC(C)(C)C. The first kappa shape index (κ1) is 41.2. The summed E-state index contributed by atoms with van der Waals surface area (Å²) in [5.41, 5.74) is 4.97. The van der Waals surface area contributed by atoms with E-state index in [9.17, 15) is 9.59 Å². The third-order valence-corrected chi connectivity index (χ3v) is 8.47. The maximum Gasteiger partial charge on any atom is 0.341 e. The predicted molar refractivity (Wildman–Crippen MR) is 213 cm³/mol. The molecule has 0 radical (unpaired) electrons. The van der Waals surface area contributed by atoms with Crippen molar-refractivity contribution in [1.82, 2.24) is 4.57 Å². The van der Waals surface area contributed by atoms with Crippen LogP contribution in [0.5, 0.6) is 28.7 Å². The van der Waals surface area contributed by atoms with Crippen LogP contribution < -0.4 is 18.9 Å². The van der Waals surface area contributed by atoms with Crippen molar-refractivity contribution < 1.29 is 38.0 Å². The molecule has 0 amide bonds. The van der Waals surface area contributed by atoms with Crippen LogP contribution in [0.4, 0.5) is 0 Å². The lowest BCUT2D eigenvalue weighted by molar-refractivity contribution is 0.0397. The first-order valence-electron chi connectivity index (χ1n) is 18.4. The normalized spacial score (nSPS) is 10.9. The molecule has 54 heavy (non-hydrogen) atoms. The second-order valence-corrected chi connectivity index (χ2v) is 13.4. The topological polar surface area (TPSA) is 94.5 Å². The fourth-order valence-electron chi connectivity index (χ4n) is 5.43. The highest BCUT2D eigenvalue weighted by Gasteiger charge is 2.18. The van der Waals surface area contributed by atoms with Crippen molar-refractivity contribution in [1.29, 1.82) is 0 Å². The predicted octanol–water partition coefficient (Wildman–Crippen LogP) is 10.1. The summed E-state index contributed by atoms with van der Waals surface area (Å²) in [6.45, 7) is 11.5. The minimum Gasteiger partial charge on any atom is -0.493 e. The molecule has 0 fully saturated rings. The number of esters is 1. The number of aromatic nitrogens is 1. The van der Waals surface area contributed by atoms with Gasteiger partial charge in [0, 0.05) is 36.9 Å². The van der Waals surface area contributed by atoms with Crippen LogP contribution in [0, 0.1) is 0 Å². The van der Waals surface area contributed by atoms with Crippen molar-refractivity contribution in [2.45, 2.75) is 72.5 Å². The molecule has 286 valence electrons. The average molecular weight is 736 g/mol. The maximum absolute atomic E-state index is 12.3. The van der Waals surface area contributed by atoms with Gasteiger partial charge in [-0.05, 0) is 87.2 Å². The van der Waals surface area contributed by atoms with Gasteiger partial charge < -0.3 is 28.4 Å². The quantitative estimate of drug-likeness (QED) is 0.0529. The molecule has 0 atom stereocenters. The van der Waals surface area contributed by atoms with E-state index in [1.807, 2.05) is 99.6 Å². The number of rotatable bonds is 17. The van der Waals surface area contributed by atoms with Crippen LogP contribution in [0.15, 0.2) is 103 Å². The van der Waals surface area contributed by atoms with Crippen LogP contribution >= 0.6 is 0 Å². The molecule has 9 heteroatoms. The number of nitrogens with zero attached hydrogens (tertiary/aromatic N) is 1. The van der Waals surface area contributed by atoms with Crippen LogP contribution in [0.2, 0.25) is 0 Å². The fraction of sp³-hybridized carbons (Fsp3) is 0.333. The summed E-state index contributed by atoms with van der Waals surface area (Å²) in [7, 11) is 3.06. The molecule has 0 aliphatic carbocycles. The van der Waals surface area contributed by atoms with E-state index in [0.29, 0.717) is 49.1 Å². The average Bonchev–Trinajstić information content (AvgIpc) is 3.67. The summed E-state index contributed by atoms with van der Waals surface area (Å²) in [4.78, 5) is 24.0. The van der Waals surface area contributed by atoms with Crippen molar-refractivity contribution in [3.63, 3.8) is 0 Å². The summed E-state index contributed by atoms with van der Waals surface area (Å²) in [5.74, 6) is 2.72.